The molecular weight excluding hydrogens is 498 g/mol. The predicted octanol–water partition coefficient (Wildman–Crippen LogP) is 10.6. The summed E-state index contributed by atoms with van der Waals surface area (Å²) in [5.74, 6) is -0.801. The van der Waals surface area contributed by atoms with Gasteiger partial charge in [-0.3, -0.25) is 0 Å². The van der Waals surface area contributed by atoms with Gasteiger partial charge in [0.15, 0.2) is 0 Å². The van der Waals surface area contributed by atoms with Crippen LogP contribution in [-0.2, 0) is 6.18 Å². The molecule has 2 fully saturated rings. The lowest BCUT2D eigenvalue weighted by Gasteiger charge is -2.37. The van der Waals surface area contributed by atoms with Crippen LogP contribution in [0.25, 0.3) is 5.57 Å². The Labute approximate surface area is 221 Å². The zero-order valence-electron chi connectivity index (χ0n) is 21.9. The van der Waals surface area contributed by atoms with Crippen LogP contribution in [0, 0.1) is 35.2 Å². The van der Waals surface area contributed by atoms with Crippen molar-refractivity contribution in [1.82, 2.24) is 0 Å². The quantitative estimate of drug-likeness (QED) is 0.342. The Morgan fingerprint density at radius 1 is 0.658 bits per heavy atom. The highest BCUT2D eigenvalue weighted by molar-refractivity contribution is 5.67. The zero-order valence-corrected chi connectivity index (χ0v) is 21.9. The van der Waals surface area contributed by atoms with Gasteiger partial charge >= 0.3 is 6.18 Å². The van der Waals surface area contributed by atoms with Crippen LogP contribution in [0.5, 0.6) is 0 Å². The zero-order chi connectivity index (χ0) is 27.0. The van der Waals surface area contributed by atoms with E-state index in [9.17, 15) is 22.0 Å². The third-order valence-corrected chi connectivity index (χ3v) is 9.54. The maximum absolute atomic E-state index is 15.2. The second kappa shape index (κ2) is 11.1. The predicted molar refractivity (Wildman–Crippen MR) is 138 cm³/mol. The number of allylic oxidation sites excluding steroid dienone is 2. The van der Waals surface area contributed by atoms with Crippen molar-refractivity contribution in [2.24, 2.45) is 17.8 Å². The van der Waals surface area contributed by atoms with Gasteiger partial charge in [-0.25, -0.2) is 13.2 Å². The molecule has 0 nitrogen and oxygen atoms in total. The smallest absolute Gasteiger partial charge is 0.206 e. The summed E-state index contributed by atoms with van der Waals surface area (Å²) in [5, 5.41) is 0. The van der Waals surface area contributed by atoms with Crippen molar-refractivity contribution in [3.05, 3.63) is 76.1 Å². The molecule has 0 heterocycles. The van der Waals surface area contributed by atoms with Crippen molar-refractivity contribution in [3.63, 3.8) is 0 Å². The number of benzene rings is 2. The monoisotopic (exact) mass is 534 g/mol. The molecule has 6 heteroatoms. The summed E-state index contributed by atoms with van der Waals surface area (Å²) in [5.41, 5.74) is 0.798. The molecule has 1 unspecified atom stereocenters. The highest BCUT2D eigenvalue weighted by Crippen LogP contribution is 2.45. The Morgan fingerprint density at radius 2 is 1.24 bits per heavy atom. The van der Waals surface area contributed by atoms with E-state index >= 15 is 4.39 Å². The van der Waals surface area contributed by atoms with Crippen LogP contribution in [0.2, 0.25) is 0 Å². The summed E-state index contributed by atoms with van der Waals surface area (Å²) in [6.45, 7) is 2.36. The molecule has 2 aromatic carbocycles. The number of hydrogen-bond donors (Lipinski definition) is 0. The number of alkyl halides is 3. The van der Waals surface area contributed by atoms with Gasteiger partial charge in [-0.2, -0.15) is 13.2 Å². The van der Waals surface area contributed by atoms with Crippen LogP contribution < -0.4 is 0 Å². The molecule has 1 atom stereocenters. The second-order valence-electron chi connectivity index (χ2n) is 11.9. The molecule has 206 valence electrons. The van der Waals surface area contributed by atoms with Crippen LogP contribution in [0.4, 0.5) is 26.3 Å². The SMILES string of the molecule is CC1CCC(C2CCC(c3ccc(C4=CCC(c5cc(F)c(C(F)(F)F)c(F)c5)CC4)c(F)c3)CC2)CC1. The first kappa shape index (κ1) is 27.3. The highest BCUT2D eigenvalue weighted by Gasteiger charge is 2.38. The van der Waals surface area contributed by atoms with Crippen LogP contribution >= 0.6 is 0 Å². The fourth-order valence-electron chi connectivity index (χ4n) is 7.21. The second-order valence-corrected chi connectivity index (χ2v) is 11.9. The third kappa shape index (κ3) is 5.84. The van der Waals surface area contributed by atoms with E-state index in [2.05, 4.69) is 6.92 Å². The van der Waals surface area contributed by atoms with Crippen LogP contribution in [0.3, 0.4) is 0 Å². The Balaban J connectivity index is 1.21. The Morgan fingerprint density at radius 3 is 1.76 bits per heavy atom. The van der Waals surface area contributed by atoms with Gasteiger partial charge in [0.05, 0.1) is 0 Å². The average molecular weight is 535 g/mol. The molecule has 3 aliphatic carbocycles. The minimum atomic E-state index is -5.08. The van der Waals surface area contributed by atoms with Gasteiger partial charge in [0.2, 0.25) is 0 Å². The fraction of sp³-hybridized carbons (Fsp3) is 0.562. The normalized spacial score (nSPS) is 28.7. The van der Waals surface area contributed by atoms with Gasteiger partial charge in [0.25, 0.3) is 0 Å². The van der Waals surface area contributed by atoms with E-state index in [1.807, 2.05) is 18.2 Å². The highest BCUT2D eigenvalue weighted by atomic mass is 19.4. The molecule has 0 N–H and O–H groups in total. The van der Waals surface area contributed by atoms with Gasteiger partial charge in [-0.15, -0.1) is 0 Å². The minimum Gasteiger partial charge on any atom is -0.206 e. The first-order chi connectivity index (χ1) is 18.1. The number of halogens is 6. The molecule has 0 radical (unpaired) electrons. The molecule has 2 aromatic rings. The van der Waals surface area contributed by atoms with Crippen LogP contribution in [-0.4, -0.2) is 0 Å². The van der Waals surface area contributed by atoms with Crippen molar-refractivity contribution in [2.45, 2.75) is 95.6 Å². The van der Waals surface area contributed by atoms with E-state index in [1.54, 1.807) is 6.07 Å². The Hall–Kier alpha value is -2.24. The largest absolute Gasteiger partial charge is 0.422 e. The maximum atomic E-state index is 15.2. The summed E-state index contributed by atoms with van der Waals surface area (Å²) in [6.07, 6.45) is 8.26. The molecule has 2 saturated carbocycles. The number of rotatable bonds is 4. The molecule has 38 heavy (non-hydrogen) atoms. The van der Waals surface area contributed by atoms with Crippen molar-refractivity contribution >= 4 is 5.57 Å². The van der Waals surface area contributed by atoms with Crippen molar-refractivity contribution in [2.75, 3.05) is 0 Å². The minimum absolute atomic E-state index is 0.206. The molecule has 5 rings (SSSR count). The van der Waals surface area contributed by atoms with E-state index in [1.165, 1.54) is 38.5 Å². The van der Waals surface area contributed by atoms with Gasteiger partial charge < -0.3 is 0 Å². The third-order valence-electron chi connectivity index (χ3n) is 9.54. The summed E-state index contributed by atoms with van der Waals surface area (Å²) in [6, 6.07) is 7.14. The van der Waals surface area contributed by atoms with Crippen LogP contribution in [0.1, 0.15) is 112 Å². The van der Waals surface area contributed by atoms with Gasteiger partial charge in [-0.05, 0) is 122 Å². The molecular formula is C32H36F6. The summed E-state index contributed by atoms with van der Waals surface area (Å²) >= 11 is 0. The Kier molecular flexibility index (Phi) is 7.98. The standard InChI is InChI=1S/C32H36F6/c1-19-2-4-20(5-3-19)21-6-8-22(9-7-21)25-14-15-27(28(33)16-25)24-12-10-23(11-13-24)26-17-29(34)31(30(35)18-26)32(36,37)38/h12,14-23H,2-11,13H2,1H3. The topological polar surface area (TPSA) is 0 Å². The van der Waals surface area contributed by atoms with Crippen molar-refractivity contribution in [1.29, 1.82) is 0 Å². The van der Waals surface area contributed by atoms with Crippen molar-refractivity contribution < 1.29 is 26.3 Å². The fourth-order valence-corrected chi connectivity index (χ4v) is 7.21. The Bertz CT molecular complexity index is 1140. The number of hydrogen-bond acceptors (Lipinski definition) is 0. The molecule has 0 amide bonds. The van der Waals surface area contributed by atoms with Gasteiger partial charge in [0.1, 0.15) is 23.0 Å². The summed E-state index contributed by atoms with van der Waals surface area (Å²) in [7, 11) is 0. The molecule has 0 bridgehead atoms. The molecule has 0 aliphatic heterocycles. The molecule has 3 aliphatic rings. The average Bonchev–Trinajstić information content (AvgIpc) is 2.88. The van der Waals surface area contributed by atoms with E-state index in [4.69, 9.17) is 0 Å². The molecule has 0 saturated heterocycles. The van der Waals surface area contributed by atoms with Crippen LogP contribution in [0.15, 0.2) is 36.4 Å². The lowest BCUT2D eigenvalue weighted by molar-refractivity contribution is -0.142. The van der Waals surface area contributed by atoms with Gasteiger partial charge in [0, 0.05) is 5.56 Å². The first-order valence-electron chi connectivity index (χ1n) is 14.1. The lowest BCUT2D eigenvalue weighted by atomic mass is 9.68. The first-order valence-corrected chi connectivity index (χ1v) is 14.1. The summed E-state index contributed by atoms with van der Waals surface area (Å²) < 4.78 is 82.0. The van der Waals surface area contributed by atoms with E-state index in [0.717, 1.165) is 53.9 Å². The van der Waals surface area contributed by atoms with Gasteiger partial charge in [-0.1, -0.05) is 38.0 Å². The van der Waals surface area contributed by atoms with E-state index in [0.29, 0.717) is 30.7 Å². The molecule has 0 spiro atoms. The van der Waals surface area contributed by atoms with Crippen molar-refractivity contribution in [3.8, 4) is 0 Å². The van der Waals surface area contributed by atoms with E-state index < -0.39 is 23.4 Å². The molecule has 0 aromatic heterocycles. The van der Waals surface area contributed by atoms with E-state index in [-0.39, 0.29) is 17.3 Å². The maximum Gasteiger partial charge on any atom is 0.422 e. The summed E-state index contributed by atoms with van der Waals surface area (Å²) in [4.78, 5) is 0. The lowest BCUT2D eigenvalue weighted by Crippen LogP contribution is -2.24.